The molecule has 0 bridgehead atoms. The number of hydroxylamine groups is 2. The Morgan fingerprint density at radius 3 is 2.65 bits per heavy atom. The number of carbonyl (C=O) groups is 1. The fourth-order valence-electron chi connectivity index (χ4n) is 1.56. The Kier molecular flexibility index (Phi) is 5.90. The van der Waals surface area contributed by atoms with Crippen LogP contribution in [0.1, 0.15) is 6.92 Å². The predicted octanol–water partition coefficient (Wildman–Crippen LogP) is 1.48. The third kappa shape index (κ3) is 5.14. The molecular weight excluding hydrogens is 260 g/mol. The van der Waals surface area contributed by atoms with Crippen LogP contribution in [0, 0.1) is 0 Å². The molecule has 0 aromatic heterocycles. The Bertz CT molecular complexity index is 449. The summed E-state index contributed by atoms with van der Waals surface area (Å²) in [6.45, 7) is 3.04. The summed E-state index contributed by atoms with van der Waals surface area (Å²) in [6.07, 6.45) is 0. The third-order valence-corrected chi connectivity index (χ3v) is 2.80. The number of benzene rings is 1. The second-order valence-corrected chi connectivity index (χ2v) is 4.78. The smallest absolute Gasteiger partial charge is 0.319 e. The number of amides is 2. The van der Waals surface area contributed by atoms with Gasteiger partial charge in [0.2, 0.25) is 5.69 Å². The lowest BCUT2D eigenvalue weighted by molar-refractivity contribution is -0.287. The second-order valence-electron chi connectivity index (χ2n) is 4.78. The van der Waals surface area contributed by atoms with Crippen LogP contribution >= 0.6 is 0 Å². The number of nitrogens with zero attached hydrogens (tertiary/aromatic N) is 2. The van der Waals surface area contributed by atoms with Gasteiger partial charge in [-0.2, -0.15) is 10.4 Å². The number of carbonyl (C=O) groups excluding carboxylic acids is 1. The van der Waals surface area contributed by atoms with E-state index in [-0.39, 0.29) is 12.6 Å². The van der Waals surface area contributed by atoms with E-state index in [1.165, 1.54) is 6.07 Å². The van der Waals surface area contributed by atoms with Gasteiger partial charge in [-0.25, -0.2) is 4.79 Å². The lowest BCUT2D eigenvalue weighted by Gasteiger charge is -2.19. The van der Waals surface area contributed by atoms with E-state index >= 15 is 0 Å². The molecule has 0 aliphatic heterocycles. The van der Waals surface area contributed by atoms with E-state index in [4.69, 9.17) is 0 Å². The quantitative estimate of drug-likeness (QED) is 0.470. The zero-order valence-electron chi connectivity index (χ0n) is 12.1. The standard InChI is InChI=1S/C13H22N4O3/c1-4-17(19,20)12-7-5-6-11(10-12)15-13(18)14-8-9-16(2)3/h5-7,10,19-20H,4,8-9H2,1-3H3,(H-,14,15,18)/p+1. The largest absolute Gasteiger partial charge is 0.337 e. The molecule has 1 aromatic carbocycles. The molecule has 0 saturated carbocycles. The minimum Gasteiger partial charge on any atom is -0.337 e. The van der Waals surface area contributed by atoms with Crippen LogP contribution in [0.25, 0.3) is 0 Å². The monoisotopic (exact) mass is 283 g/mol. The fraction of sp³-hybridized carbons (Fsp3) is 0.462. The van der Waals surface area contributed by atoms with Gasteiger partial charge in [-0.3, -0.25) is 0 Å². The highest BCUT2D eigenvalue weighted by atomic mass is 16.8. The molecule has 0 atom stereocenters. The number of urea groups is 1. The Hall–Kier alpha value is -1.67. The molecule has 0 heterocycles. The van der Waals surface area contributed by atoms with Crippen molar-refractivity contribution >= 4 is 17.4 Å². The Labute approximate surface area is 118 Å². The van der Waals surface area contributed by atoms with Crippen LogP contribution in [0.4, 0.5) is 16.2 Å². The topological polar surface area (TPSA) is 84.8 Å². The molecule has 0 aliphatic rings. The molecule has 0 radical (unpaired) electrons. The molecule has 2 amide bonds. The van der Waals surface area contributed by atoms with Gasteiger partial charge in [0, 0.05) is 30.9 Å². The van der Waals surface area contributed by atoms with E-state index in [0.717, 1.165) is 6.54 Å². The average Bonchev–Trinajstić information content (AvgIpc) is 2.38. The lowest BCUT2D eigenvalue weighted by atomic mass is 10.2. The Balaban J connectivity index is 2.60. The lowest BCUT2D eigenvalue weighted by Crippen LogP contribution is -2.41. The number of quaternary nitrogens is 1. The van der Waals surface area contributed by atoms with Gasteiger partial charge in [-0.15, -0.1) is 0 Å². The molecular formula is C13H23N4O3+. The maximum absolute atomic E-state index is 11.7. The third-order valence-electron chi connectivity index (χ3n) is 2.80. The maximum atomic E-state index is 11.7. The molecule has 0 spiro atoms. The molecule has 4 N–H and O–H groups in total. The summed E-state index contributed by atoms with van der Waals surface area (Å²) in [5.74, 6) is 0. The van der Waals surface area contributed by atoms with Crippen molar-refractivity contribution < 1.29 is 15.2 Å². The molecule has 0 fully saturated rings. The summed E-state index contributed by atoms with van der Waals surface area (Å²) in [7, 11) is 3.85. The first kappa shape index (κ1) is 16.4. The van der Waals surface area contributed by atoms with Crippen LogP contribution in [0.5, 0.6) is 0 Å². The van der Waals surface area contributed by atoms with Gasteiger partial charge in [0.25, 0.3) is 0 Å². The number of hydrogen-bond acceptors (Lipinski definition) is 4. The summed E-state index contributed by atoms with van der Waals surface area (Å²) in [6, 6.07) is 6.12. The Morgan fingerprint density at radius 2 is 2.05 bits per heavy atom. The van der Waals surface area contributed by atoms with Crippen molar-refractivity contribution in [2.45, 2.75) is 6.92 Å². The number of rotatable bonds is 6. The molecule has 20 heavy (non-hydrogen) atoms. The van der Waals surface area contributed by atoms with Gasteiger partial charge in [0.1, 0.15) is 6.54 Å². The van der Waals surface area contributed by atoms with Crippen molar-refractivity contribution in [3.05, 3.63) is 24.3 Å². The van der Waals surface area contributed by atoms with E-state index < -0.39 is 4.81 Å². The van der Waals surface area contributed by atoms with Crippen LogP contribution in [-0.4, -0.2) is 55.1 Å². The van der Waals surface area contributed by atoms with E-state index in [1.54, 1.807) is 25.1 Å². The van der Waals surface area contributed by atoms with Crippen molar-refractivity contribution in [2.24, 2.45) is 0 Å². The van der Waals surface area contributed by atoms with Crippen molar-refractivity contribution in [2.75, 3.05) is 39.0 Å². The van der Waals surface area contributed by atoms with Crippen molar-refractivity contribution in [1.82, 2.24) is 15.0 Å². The molecule has 1 rings (SSSR count). The van der Waals surface area contributed by atoms with Crippen LogP contribution in [-0.2, 0) is 0 Å². The van der Waals surface area contributed by atoms with E-state index in [9.17, 15) is 15.2 Å². The van der Waals surface area contributed by atoms with Crippen molar-refractivity contribution in [3.8, 4) is 0 Å². The molecule has 112 valence electrons. The molecule has 0 aliphatic carbocycles. The normalized spacial score (nSPS) is 11.5. The Morgan fingerprint density at radius 1 is 1.35 bits per heavy atom. The zero-order valence-corrected chi connectivity index (χ0v) is 12.1. The summed E-state index contributed by atoms with van der Waals surface area (Å²) in [4.78, 5) is 12.4. The predicted molar refractivity (Wildman–Crippen MR) is 77.9 cm³/mol. The van der Waals surface area contributed by atoms with Gasteiger partial charge < -0.3 is 15.5 Å². The number of nitrogens with one attached hydrogen (secondary N) is 2. The minimum absolute atomic E-state index is 0.110. The van der Waals surface area contributed by atoms with Gasteiger partial charge >= 0.3 is 6.03 Å². The zero-order chi connectivity index (χ0) is 15.2. The summed E-state index contributed by atoms with van der Waals surface area (Å²) >= 11 is 0. The molecule has 0 saturated heterocycles. The highest BCUT2D eigenvalue weighted by Gasteiger charge is 2.24. The summed E-state index contributed by atoms with van der Waals surface area (Å²) < 4.78 is 0. The molecule has 7 nitrogen and oxygen atoms in total. The first-order chi connectivity index (χ1) is 9.35. The van der Waals surface area contributed by atoms with Gasteiger partial charge in [-0.05, 0) is 31.9 Å². The first-order valence-corrected chi connectivity index (χ1v) is 6.49. The molecule has 1 aromatic rings. The van der Waals surface area contributed by atoms with E-state index in [1.807, 2.05) is 19.0 Å². The minimum atomic E-state index is -1.21. The number of hydrogen-bond donors (Lipinski definition) is 4. The van der Waals surface area contributed by atoms with E-state index in [0.29, 0.717) is 17.9 Å². The molecule has 7 heteroatoms. The first-order valence-electron chi connectivity index (χ1n) is 6.49. The van der Waals surface area contributed by atoms with Gasteiger partial charge in [0.15, 0.2) is 0 Å². The number of anilines is 1. The van der Waals surface area contributed by atoms with Gasteiger partial charge in [-0.1, -0.05) is 6.07 Å². The summed E-state index contributed by atoms with van der Waals surface area (Å²) in [5.41, 5.74) is 0.794. The summed E-state index contributed by atoms with van der Waals surface area (Å²) in [5, 5.41) is 24.8. The average molecular weight is 283 g/mol. The SMILES string of the molecule is CC[N+](O)(O)c1cccc(NC(=O)NCCN(C)C)c1. The molecule has 0 unspecified atom stereocenters. The highest BCUT2D eigenvalue weighted by Crippen LogP contribution is 2.22. The van der Waals surface area contributed by atoms with Crippen molar-refractivity contribution in [1.29, 1.82) is 0 Å². The number of likely N-dealkylation sites (N-methyl/N-ethyl adjacent to an activating group) is 1. The van der Waals surface area contributed by atoms with Crippen LogP contribution in [0.15, 0.2) is 24.3 Å². The van der Waals surface area contributed by atoms with Crippen LogP contribution < -0.4 is 15.4 Å². The van der Waals surface area contributed by atoms with Gasteiger partial charge in [0.05, 0.1) is 0 Å². The second kappa shape index (κ2) is 7.20. The highest BCUT2D eigenvalue weighted by molar-refractivity contribution is 5.89. The fourth-order valence-corrected chi connectivity index (χ4v) is 1.56. The van der Waals surface area contributed by atoms with Crippen LogP contribution in [0.2, 0.25) is 0 Å². The van der Waals surface area contributed by atoms with Crippen molar-refractivity contribution in [3.63, 3.8) is 0 Å². The maximum Gasteiger partial charge on any atom is 0.319 e. The van der Waals surface area contributed by atoms with E-state index in [2.05, 4.69) is 10.6 Å². The van der Waals surface area contributed by atoms with Crippen LogP contribution in [0.3, 0.4) is 0 Å².